The molecule has 0 spiro atoms. The maximum atomic E-state index is 13.2. The quantitative estimate of drug-likeness (QED) is 0.582. The number of ether oxygens (including phenoxy) is 1. The van der Waals surface area contributed by atoms with Gasteiger partial charge in [0.1, 0.15) is 17.3 Å². The molecule has 158 valence electrons. The predicted octanol–water partition coefficient (Wildman–Crippen LogP) is 4.73. The molecule has 4 nitrogen and oxygen atoms in total. The molecule has 0 bridgehead atoms. The van der Waals surface area contributed by atoms with Crippen molar-refractivity contribution in [3.8, 4) is 11.5 Å². The molecular weight excluding hydrogens is 400 g/mol. The molecule has 5 rings (SSSR count). The van der Waals surface area contributed by atoms with Crippen molar-refractivity contribution >= 4 is 24.9 Å². The average Bonchev–Trinajstić information content (AvgIpc) is 3.39. The van der Waals surface area contributed by atoms with Crippen LogP contribution in [-0.4, -0.2) is 28.8 Å². The summed E-state index contributed by atoms with van der Waals surface area (Å²) in [5.74, 6) is 1.04. The Bertz CT molecular complexity index is 1300. The number of aromatic nitrogens is 1. The van der Waals surface area contributed by atoms with Crippen molar-refractivity contribution in [2.45, 2.75) is 13.3 Å². The van der Waals surface area contributed by atoms with Crippen molar-refractivity contribution in [3.63, 3.8) is 0 Å². The smallest absolute Gasteiger partial charge is 0.457 e. The highest BCUT2D eigenvalue weighted by Crippen LogP contribution is 2.34. The lowest BCUT2D eigenvalue weighted by Crippen LogP contribution is -2.31. The number of allylic oxidation sites excluding steroid dienone is 3. The highest BCUT2D eigenvalue weighted by Gasteiger charge is 2.36. The lowest BCUT2D eigenvalue weighted by molar-refractivity contribution is -0.314. The minimum atomic E-state index is -0.282. The van der Waals surface area contributed by atoms with Crippen molar-refractivity contribution < 1.29 is 13.6 Å². The van der Waals surface area contributed by atoms with Gasteiger partial charge in [-0.05, 0) is 74.6 Å². The number of para-hydroxylation sites is 1. The Kier molecular flexibility index (Phi) is 5.37. The number of hydrogen-bond donors (Lipinski definition) is 1. The van der Waals surface area contributed by atoms with Crippen LogP contribution >= 0.6 is 0 Å². The van der Waals surface area contributed by atoms with Gasteiger partial charge in [0.25, 0.3) is 0 Å². The summed E-state index contributed by atoms with van der Waals surface area (Å²) in [5, 5.41) is 0. The van der Waals surface area contributed by atoms with E-state index < -0.39 is 0 Å². The first-order chi connectivity index (χ1) is 15.6. The van der Waals surface area contributed by atoms with Crippen LogP contribution in [0.3, 0.4) is 0 Å². The normalized spacial score (nSPS) is 15.0. The van der Waals surface area contributed by atoms with E-state index >= 15 is 0 Å². The Morgan fingerprint density at radius 1 is 1.06 bits per heavy atom. The fourth-order valence-corrected chi connectivity index (χ4v) is 4.39. The number of halogens is 1. The lowest BCUT2D eigenvalue weighted by Gasteiger charge is -2.18. The molecule has 0 amide bonds. The van der Waals surface area contributed by atoms with E-state index in [4.69, 9.17) is 10.5 Å². The monoisotopic (exact) mass is 424 g/mol. The van der Waals surface area contributed by atoms with Crippen LogP contribution in [0, 0.1) is 5.82 Å². The summed E-state index contributed by atoms with van der Waals surface area (Å²) in [6, 6.07) is 18.2. The molecule has 0 radical (unpaired) electrons. The second-order valence-electron chi connectivity index (χ2n) is 7.98. The molecule has 0 fully saturated rings. The van der Waals surface area contributed by atoms with Gasteiger partial charge in [-0.3, -0.25) is 4.49 Å². The van der Waals surface area contributed by atoms with Crippen LogP contribution in [0.15, 0.2) is 90.3 Å². The van der Waals surface area contributed by atoms with E-state index in [1.807, 2.05) is 24.3 Å². The first-order valence-electron chi connectivity index (χ1n) is 10.8. The number of nitrogens with zero attached hydrogens (tertiary/aromatic N) is 2. The van der Waals surface area contributed by atoms with E-state index in [1.54, 1.807) is 12.1 Å². The molecule has 0 unspecified atom stereocenters. The van der Waals surface area contributed by atoms with E-state index in [0.717, 1.165) is 31.0 Å². The third-order valence-corrected chi connectivity index (χ3v) is 5.83. The van der Waals surface area contributed by atoms with Crippen molar-refractivity contribution in [1.82, 2.24) is 4.48 Å². The standard InChI is InChI=1S/C26H24BFN3O/c1-18-17-21(31-26(18)23(14-15-29)24-6-4-16-30(24)27-31)11-8-19-5-2-3-7-25(19)32-22-12-9-20(28)10-13-22/h2-13,16-17,27H,14-15,29H2,1H3/q+1/b11-8+. The third-order valence-electron chi connectivity index (χ3n) is 5.83. The molecule has 0 aliphatic carbocycles. The summed E-state index contributed by atoms with van der Waals surface area (Å²) in [6.45, 7) is 2.77. The zero-order valence-electron chi connectivity index (χ0n) is 18.0. The summed E-state index contributed by atoms with van der Waals surface area (Å²) in [7, 11) is 0.771. The summed E-state index contributed by atoms with van der Waals surface area (Å²) >= 11 is 0. The molecule has 0 saturated heterocycles. The van der Waals surface area contributed by atoms with Gasteiger partial charge < -0.3 is 14.9 Å². The van der Waals surface area contributed by atoms with Gasteiger partial charge in [-0.1, -0.05) is 18.2 Å². The van der Waals surface area contributed by atoms with Gasteiger partial charge in [0.2, 0.25) is 0 Å². The van der Waals surface area contributed by atoms with Gasteiger partial charge in [0, 0.05) is 34.6 Å². The fraction of sp³-hybridized carbons (Fsp3) is 0.115. The molecule has 2 aromatic carbocycles. The van der Waals surface area contributed by atoms with E-state index in [0.29, 0.717) is 12.3 Å². The minimum absolute atomic E-state index is 0.282. The molecule has 2 aliphatic heterocycles. The number of nitrogens with two attached hydrogens (primary N) is 1. The Balaban J connectivity index is 1.49. The summed E-state index contributed by atoms with van der Waals surface area (Å²) < 4.78 is 23.8. The van der Waals surface area contributed by atoms with Gasteiger partial charge in [-0.15, -0.1) is 0 Å². The van der Waals surface area contributed by atoms with Gasteiger partial charge >= 0.3 is 7.55 Å². The summed E-state index contributed by atoms with van der Waals surface area (Å²) in [4.78, 5) is 0. The minimum Gasteiger partial charge on any atom is -0.457 e. The second kappa shape index (κ2) is 8.48. The molecule has 3 aromatic rings. The van der Waals surface area contributed by atoms with E-state index in [1.165, 1.54) is 34.7 Å². The fourth-order valence-electron chi connectivity index (χ4n) is 4.39. The highest BCUT2D eigenvalue weighted by atomic mass is 19.1. The molecule has 2 aliphatic rings. The van der Waals surface area contributed by atoms with Crippen LogP contribution < -0.4 is 10.5 Å². The molecule has 2 N–H and O–H groups in total. The van der Waals surface area contributed by atoms with Crippen LogP contribution in [-0.2, 0) is 0 Å². The largest absolute Gasteiger partial charge is 0.604 e. The van der Waals surface area contributed by atoms with Crippen LogP contribution in [0.1, 0.15) is 24.6 Å². The molecular formula is C26H24BFN3O+. The average molecular weight is 424 g/mol. The highest BCUT2D eigenvalue weighted by molar-refractivity contribution is 6.29. The van der Waals surface area contributed by atoms with E-state index in [2.05, 4.69) is 52.4 Å². The zero-order chi connectivity index (χ0) is 22.1. The second-order valence-corrected chi connectivity index (χ2v) is 7.98. The SMILES string of the molecule is CC1=CC(/C=C/c2ccccc2Oc2ccc(F)cc2)=[N+]2Bn3cccc3C(CCN)=C12. The van der Waals surface area contributed by atoms with Gasteiger partial charge in [0.15, 0.2) is 11.4 Å². The summed E-state index contributed by atoms with van der Waals surface area (Å²) in [5.41, 5.74) is 13.1. The number of fused-ring (bicyclic) bond motifs is 2. The third kappa shape index (κ3) is 3.74. The Hall–Kier alpha value is -3.64. The van der Waals surface area contributed by atoms with Gasteiger partial charge in [-0.25, -0.2) is 4.39 Å². The maximum Gasteiger partial charge on any atom is 0.604 e. The number of rotatable bonds is 6. The Morgan fingerprint density at radius 3 is 2.69 bits per heavy atom. The molecule has 0 saturated carbocycles. The topological polar surface area (TPSA) is 43.2 Å². The van der Waals surface area contributed by atoms with Crippen molar-refractivity contribution in [3.05, 3.63) is 107 Å². The summed E-state index contributed by atoms with van der Waals surface area (Å²) in [6.07, 6.45) is 9.36. The Morgan fingerprint density at radius 2 is 1.88 bits per heavy atom. The number of benzene rings is 2. The van der Waals surface area contributed by atoms with Crippen LogP contribution in [0.25, 0.3) is 11.6 Å². The zero-order valence-corrected chi connectivity index (χ0v) is 18.0. The van der Waals surface area contributed by atoms with Gasteiger partial charge in [-0.2, -0.15) is 0 Å². The van der Waals surface area contributed by atoms with Crippen molar-refractivity contribution in [2.75, 3.05) is 6.54 Å². The van der Waals surface area contributed by atoms with Crippen LogP contribution in [0.5, 0.6) is 11.5 Å². The Labute approximate surface area is 187 Å². The van der Waals surface area contributed by atoms with E-state index in [9.17, 15) is 4.39 Å². The van der Waals surface area contributed by atoms with Crippen LogP contribution in [0.4, 0.5) is 4.39 Å². The predicted molar refractivity (Wildman–Crippen MR) is 129 cm³/mol. The van der Waals surface area contributed by atoms with Crippen LogP contribution in [0.2, 0.25) is 0 Å². The number of hydrogen-bond acceptors (Lipinski definition) is 2. The molecule has 1 aromatic heterocycles. The first-order valence-corrected chi connectivity index (χ1v) is 10.8. The maximum absolute atomic E-state index is 13.2. The van der Waals surface area contributed by atoms with Gasteiger partial charge in [0.05, 0.1) is 0 Å². The molecule has 0 atom stereocenters. The van der Waals surface area contributed by atoms with E-state index in [-0.39, 0.29) is 5.82 Å². The molecule has 32 heavy (non-hydrogen) atoms. The molecule has 6 heteroatoms. The lowest BCUT2D eigenvalue weighted by atomic mass is 9.93. The van der Waals surface area contributed by atoms with Crippen molar-refractivity contribution in [1.29, 1.82) is 0 Å². The molecule has 3 heterocycles. The first kappa shape index (κ1) is 20.3. The van der Waals surface area contributed by atoms with Crippen molar-refractivity contribution in [2.24, 2.45) is 5.73 Å².